The van der Waals surface area contributed by atoms with Crippen LogP contribution in [0.4, 0.5) is 5.82 Å². The molecule has 2 aliphatic heterocycles. The number of aromatic hydroxyl groups is 1. The van der Waals surface area contributed by atoms with E-state index in [-0.39, 0.29) is 29.4 Å². The number of fused-ring (bicyclic) bond motifs is 1. The van der Waals surface area contributed by atoms with Crippen molar-refractivity contribution >= 4 is 45.9 Å². The smallest absolute Gasteiger partial charge is 0.275 e. The van der Waals surface area contributed by atoms with Crippen LogP contribution in [-0.4, -0.2) is 50.5 Å². The lowest BCUT2D eigenvalue weighted by molar-refractivity contribution is -0.0466. The van der Waals surface area contributed by atoms with Gasteiger partial charge >= 0.3 is 0 Å². The van der Waals surface area contributed by atoms with Crippen LogP contribution in [0.1, 0.15) is 39.2 Å². The molecule has 4 heterocycles. The normalized spacial score (nSPS) is 23.6. The van der Waals surface area contributed by atoms with Gasteiger partial charge in [-0.25, -0.2) is 15.0 Å². The predicted octanol–water partition coefficient (Wildman–Crippen LogP) is 3.65. The summed E-state index contributed by atoms with van der Waals surface area (Å²) in [6.07, 6.45) is 2.13. The summed E-state index contributed by atoms with van der Waals surface area (Å²) in [4.78, 5) is 38.9. The quantitative estimate of drug-likeness (QED) is 0.490. The van der Waals surface area contributed by atoms with E-state index in [4.69, 9.17) is 9.73 Å². The van der Waals surface area contributed by atoms with Crippen LogP contribution in [0.2, 0.25) is 0 Å². The third kappa shape index (κ3) is 4.93. The fourth-order valence-electron chi connectivity index (χ4n) is 4.11. The van der Waals surface area contributed by atoms with Crippen molar-refractivity contribution in [2.75, 3.05) is 17.7 Å². The van der Waals surface area contributed by atoms with Crippen LogP contribution >= 0.6 is 23.1 Å². The summed E-state index contributed by atoms with van der Waals surface area (Å²) >= 11 is 2.92. The molecular weight excluding hydrogens is 486 g/mol. The van der Waals surface area contributed by atoms with Crippen LogP contribution in [0.3, 0.4) is 0 Å². The maximum Gasteiger partial charge on any atom is 0.275 e. The molecule has 9 nitrogen and oxygen atoms in total. The Bertz CT molecular complexity index is 1260. The summed E-state index contributed by atoms with van der Waals surface area (Å²) in [6.45, 7) is 2.38. The van der Waals surface area contributed by atoms with Gasteiger partial charge in [-0.2, -0.15) is 0 Å². The highest BCUT2D eigenvalue weighted by Crippen LogP contribution is 2.47. The van der Waals surface area contributed by atoms with Crippen molar-refractivity contribution in [2.24, 2.45) is 10.9 Å². The first-order valence-electron chi connectivity index (χ1n) is 11.1. The molecule has 3 atom stereocenters. The van der Waals surface area contributed by atoms with Gasteiger partial charge < -0.3 is 20.5 Å². The van der Waals surface area contributed by atoms with E-state index in [1.165, 1.54) is 41.4 Å². The fourth-order valence-corrected chi connectivity index (χ4v) is 6.24. The van der Waals surface area contributed by atoms with E-state index < -0.39 is 11.4 Å². The topological polar surface area (TPSA) is 126 Å². The van der Waals surface area contributed by atoms with E-state index in [1.54, 1.807) is 17.5 Å². The van der Waals surface area contributed by atoms with Crippen molar-refractivity contribution in [1.29, 1.82) is 0 Å². The number of hydrogen-bond acceptors (Lipinski definition) is 9. The number of amides is 2. The average Bonchev–Trinajstić information content (AvgIpc) is 3.34. The number of hydrogen-bond donors (Lipinski definition) is 3. The van der Waals surface area contributed by atoms with E-state index in [2.05, 4.69) is 20.6 Å². The minimum absolute atomic E-state index is 0.0163. The lowest BCUT2D eigenvalue weighted by Gasteiger charge is -2.44. The molecule has 35 heavy (non-hydrogen) atoms. The minimum Gasteiger partial charge on any atom is -0.506 e. The van der Waals surface area contributed by atoms with Gasteiger partial charge in [-0.15, -0.1) is 11.3 Å². The van der Waals surface area contributed by atoms with Crippen LogP contribution in [0.25, 0.3) is 0 Å². The van der Waals surface area contributed by atoms with Crippen LogP contribution in [0.5, 0.6) is 5.75 Å². The van der Waals surface area contributed by atoms with Crippen molar-refractivity contribution in [3.8, 4) is 5.75 Å². The van der Waals surface area contributed by atoms with Crippen molar-refractivity contribution in [3.63, 3.8) is 0 Å². The largest absolute Gasteiger partial charge is 0.506 e. The predicted molar refractivity (Wildman–Crippen MR) is 135 cm³/mol. The summed E-state index contributed by atoms with van der Waals surface area (Å²) < 4.78 is 6.03. The lowest BCUT2D eigenvalue weighted by Crippen LogP contribution is -2.50. The Labute approximate surface area is 210 Å². The van der Waals surface area contributed by atoms with Gasteiger partial charge in [0.1, 0.15) is 27.8 Å². The molecule has 0 saturated carbocycles. The van der Waals surface area contributed by atoms with Crippen molar-refractivity contribution in [2.45, 2.75) is 25.0 Å². The number of ether oxygens (including phenoxy) is 1. The Balaban J connectivity index is 1.40. The number of benzene rings is 1. The summed E-state index contributed by atoms with van der Waals surface area (Å²) in [5.41, 5.74) is -0.0228. The zero-order chi connectivity index (χ0) is 24.4. The van der Waals surface area contributed by atoms with E-state index in [1.807, 2.05) is 25.1 Å². The standard InChI is InChI=1S/C24H23N5O4S2/c1-14-9-16-11-35-23(28-20(31)15-5-3-2-4-6-15)29-24(16,13-33-14)22-27-19(12-34-22)26-21(32)18-8-7-17(30)10-25-18/h2-8,10,12,14,16,30H,9,11,13H2,1H3,(H,26,32)(H,28,29,31)/t14-,16-,24-/m0/s1. The first-order valence-corrected chi connectivity index (χ1v) is 12.9. The Morgan fingerprint density at radius 2 is 1.97 bits per heavy atom. The van der Waals surface area contributed by atoms with Crippen molar-refractivity contribution in [3.05, 3.63) is 70.3 Å². The number of aliphatic imine (C=N–C) groups is 1. The van der Waals surface area contributed by atoms with Crippen molar-refractivity contribution < 1.29 is 19.4 Å². The average molecular weight is 510 g/mol. The first-order chi connectivity index (χ1) is 16.9. The second-order valence-corrected chi connectivity index (χ2v) is 10.3. The second kappa shape index (κ2) is 9.76. The number of aromatic nitrogens is 2. The van der Waals surface area contributed by atoms with Gasteiger partial charge in [0.15, 0.2) is 5.17 Å². The maximum atomic E-state index is 12.7. The lowest BCUT2D eigenvalue weighted by atomic mass is 9.80. The molecule has 0 unspecified atom stereocenters. The maximum absolute atomic E-state index is 12.7. The molecule has 1 aromatic carbocycles. The molecule has 2 aliphatic rings. The third-order valence-corrected chi connectivity index (χ3v) is 8.00. The van der Waals surface area contributed by atoms with Gasteiger partial charge in [0, 0.05) is 22.6 Å². The van der Waals surface area contributed by atoms with E-state index in [9.17, 15) is 14.7 Å². The molecule has 1 saturated heterocycles. The monoisotopic (exact) mass is 509 g/mol. The molecule has 0 spiro atoms. The van der Waals surface area contributed by atoms with Crippen LogP contribution < -0.4 is 10.6 Å². The van der Waals surface area contributed by atoms with E-state index >= 15 is 0 Å². The minimum atomic E-state index is -0.749. The number of pyridine rings is 1. The van der Waals surface area contributed by atoms with Crippen LogP contribution in [0.15, 0.2) is 59.0 Å². The SMILES string of the molecule is C[C@H]1C[C@H]2CSC(NC(=O)c3ccccc3)=N[C@@]2(c2nc(NC(=O)c3ccc(O)cn3)cs2)CO1. The number of nitrogens with zero attached hydrogens (tertiary/aromatic N) is 3. The molecule has 5 rings (SSSR count). The van der Waals surface area contributed by atoms with E-state index in [0.717, 1.165) is 17.2 Å². The van der Waals surface area contributed by atoms with Gasteiger partial charge in [-0.1, -0.05) is 30.0 Å². The summed E-state index contributed by atoms with van der Waals surface area (Å²) in [6, 6.07) is 11.8. The number of rotatable bonds is 4. The van der Waals surface area contributed by atoms with E-state index in [0.29, 0.717) is 23.2 Å². The molecule has 0 radical (unpaired) electrons. The summed E-state index contributed by atoms with van der Waals surface area (Å²) in [5.74, 6) is 0.659. The number of thiazole rings is 1. The molecule has 3 N–H and O–H groups in total. The molecule has 180 valence electrons. The highest BCUT2D eigenvalue weighted by atomic mass is 32.2. The number of carbonyl (C=O) groups is 2. The molecule has 2 aromatic heterocycles. The Hall–Kier alpha value is -3.28. The first kappa shape index (κ1) is 23.5. The molecule has 3 aromatic rings. The fraction of sp³-hybridized carbons (Fsp3) is 0.292. The van der Waals surface area contributed by atoms with Crippen LogP contribution in [0, 0.1) is 5.92 Å². The third-order valence-electron chi connectivity index (χ3n) is 5.96. The van der Waals surface area contributed by atoms with Crippen LogP contribution in [-0.2, 0) is 10.3 Å². The molecule has 11 heteroatoms. The van der Waals surface area contributed by atoms with Gasteiger partial charge in [0.25, 0.3) is 11.8 Å². The van der Waals surface area contributed by atoms with Crippen molar-refractivity contribution in [1.82, 2.24) is 15.3 Å². The summed E-state index contributed by atoms with van der Waals surface area (Å²) in [7, 11) is 0. The second-order valence-electron chi connectivity index (χ2n) is 8.42. The molecule has 0 bridgehead atoms. The number of amidine groups is 1. The molecule has 2 amide bonds. The number of anilines is 1. The highest BCUT2D eigenvalue weighted by molar-refractivity contribution is 8.13. The zero-order valence-corrected chi connectivity index (χ0v) is 20.4. The number of carbonyl (C=O) groups excluding carboxylic acids is 2. The van der Waals surface area contributed by atoms with Gasteiger partial charge in [0.2, 0.25) is 0 Å². The zero-order valence-electron chi connectivity index (χ0n) is 18.8. The molecule has 1 fully saturated rings. The Morgan fingerprint density at radius 1 is 1.14 bits per heavy atom. The number of thioether (sulfide) groups is 1. The summed E-state index contributed by atoms with van der Waals surface area (Å²) in [5, 5.41) is 18.1. The molecule has 0 aliphatic carbocycles. The number of nitrogens with one attached hydrogen (secondary N) is 2. The Kier molecular flexibility index (Phi) is 6.54. The van der Waals surface area contributed by atoms with Gasteiger partial charge in [-0.3, -0.25) is 9.59 Å². The Morgan fingerprint density at radius 3 is 2.74 bits per heavy atom. The van der Waals surface area contributed by atoms with Gasteiger partial charge in [-0.05, 0) is 37.6 Å². The highest BCUT2D eigenvalue weighted by Gasteiger charge is 2.49. The van der Waals surface area contributed by atoms with Gasteiger partial charge in [0.05, 0.1) is 18.9 Å². The molecular formula is C24H23N5O4S2.